The lowest BCUT2D eigenvalue weighted by molar-refractivity contribution is -0.142. The maximum absolute atomic E-state index is 14.2. The van der Waals surface area contributed by atoms with Gasteiger partial charge in [-0.25, -0.2) is 14.0 Å². The molecule has 6 aromatic rings. The molecule has 0 spiro atoms. The van der Waals surface area contributed by atoms with E-state index >= 15 is 0 Å². The lowest BCUT2D eigenvalue weighted by Crippen LogP contribution is -2.58. The average molecular weight is 1750 g/mol. The van der Waals surface area contributed by atoms with Crippen LogP contribution < -0.4 is 42.5 Å². The molecule has 4 aliphatic rings. The van der Waals surface area contributed by atoms with Crippen molar-refractivity contribution in [2.45, 2.75) is 247 Å². The first-order valence-electron chi connectivity index (χ1n) is 41.5. The van der Waals surface area contributed by atoms with Gasteiger partial charge in [0.15, 0.2) is 0 Å². The summed E-state index contributed by atoms with van der Waals surface area (Å²) in [5.74, 6) is 20.1. The number of amides is 8. The van der Waals surface area contributed by atoms with Crippen LogP contribution in [0.3, 0.4) is 0 Å². The van der Waals surface area contributed by atoms with Gasteiger partial charge in [-0.15, -0.1) is 15.3 Å². The first-order chi connectivity index (χ1) is 59.5. The molecule has 8 amide bonds. The highest BCUT2D eigenvalue weighted by atomic mass is 32.2. The van der Waals surface area contributed by atoms with E-state index in [9.17, 15) is 38.4 Å². The SMILES string of the molecule is CN[C@@H](C)C(=O)N[C@H](C(=O)N1CCC[C@H]1Cn1nnnc1Sc1ccccc1)C(C)OCC#CC#CCO[C@H](C)[C@H](NC(=O)[C@H](C)NC)C(=O)N1CCCC1.CN[C@@H](C)C(=O)N[C@H](C(=O)N1CCC[C@H]1Cn1nnnc1Sc1ccccc1)C(C)OCC#CC#CCO[C@H](C)[C@H](NC(=O)[C@H](C)NC)C(=O)N1CCCC1Cn1nnnc1Sc1ccccc1. The van der Waals surface area contributed by atoms with Crippen molar-refractivity contribution in [2.24, 2.45) is 0 Å². The zero-order chi connectivity index (χ0) is 88.2. The Morgan fingerprint density at radius 2 is 0.618 bits per heavy atom. The number of likely N-dealkylation sites (N-methyl/N-ethyl adjacent to an activating group) is 4. The van der Waals surface area contributed by atoms with Crippen molar-refractivity contribution >= 4 is 82.5 Å². The number of hydrogen-bond acceptors (Lipinski definition) is 28. The average Bonchev–Trinajstić information content (AvgIpc) is 1.80. The van der Waals surface area contributed by atoms with E-state index in [-0.39, 0.29) is 91.8 Å². The Balaban J connectivity index is 0.000000286. The van der Waals surface area contributed by atoms with Crippen LogP contribution in [0.15, 0.2) is 121 Å². The minimum Gasteiger partial charge on any atom is -0.363 e. The van der Waals surface area contributed by atoms with E-state index in [4.69, 9.17) is 18.9 Å². The molecule has 3 aromatic carbocycles. The van der Waals surface area contributed by atoms with Crippen LogP contribution in [0, 0.1) is 47.4 Å². The second kappa shape index (κ2) is 50.4. The maximum atomic E-state index is 14.2. The summed E-state index contributed by atoms with van der Waals surface area (Å²) in [4.78, 5) is 118. The van der Waals surface area contributed by atoms with Crippen LogP contribution in [0.2, 0.25) is 0 Å². The summed E-state index contributed by atoms with van der Waals surface area (Å²) in [7, 11) is 6.69. The lowest BCUT2D eigenvalue weighted by atomic mass is 10.1. The van der Waals surface area contributed by atoms with Gasteiger partial charge in [-0.05, 0) is 262 Å². The van der Waals surface area contributed by atoms with Crippen LogP contribution in [0.25, 0.3) is 0 Å². The monoisotopic (exact) mass is 1750 g/mol. The number of rotatable bonds is 40. The van der Waals surface area contributed by atoms with E-state index < -0.39 is 72.8 Å². The first-order valence-corrected chi connectivity index (χ1v) is 43.9. The minimum absolute atomic E-state index is 0.00527. The minimum atomic E-state index is -0.993. The third kappa shape index (κ3) is 29.1. The van der Waals surface area contributed by atoms with Gasteiger partial charge < -0.3 is 81.1 Å². The number of ether oxygens (including phenoxy) is 4. The number of likely N-dealkylation sites (tertiary alicyclic amines) is 4. The zero-order valence-corrected chi connectivity index (χ0v) is 74.2. The Morgan fingerprint density at radius 3 is 0.870 bits per heavy atom. The smallest absolute Gasteiger partial charge is 0.248 e. The molecule has 3 unspecified atom stereocenters. The number of carbonyl (C=O) groups is 8. The number of carbonyl (C=O) groups excluding carboxylic acids is 8. The standard InChI is InChI=1S/C46H60N14O6S2.C38H54N10O6S/c1-31(47-5)41(61)49-39(43(63)57-25-17-19-35(57)29-59-45(51-53-55-59)67-37-21-11-9-12-22-37)33(3)65-27-15-7-8-16-28-66-34(4)40(50-42(62)32(2)48-6)44(64)58-26-18-20-36(58)30-60-46(52-54-56-60)68-38-23-13-10-14-24-38;1-26(39-5)34(49)41-32(36(51)46-20-12-13-21-46)28(3)53-23-14-7-8-15-24-54-29(4)33(42-35(50)27(2)40-6)37(52)47-22-16-17-30(47)25-48-38(43-44-45-48)55-31-18-10-9-11-19-31/h9-14,21-24,31-36,39-40,47-48H,17-20,25-30H2,1-6H3,(H,49,61)(H,50,62);9-11,18-19,26-30,32-33,39-40H,12-13,16-17,20-25H2,1-6H3,(H,41,49)(H,42,50)/t31-,32-,33+,34?,35?,36-,39-,40-;26-,27-,28+,29?,30-,32-,33-/m00/s1. The molecule has 4 saturated heterocycles. The van der Waals surface area contributed by atoms with E-state index in [2.05, 4.69) is 136 Å². The molecule has 0 saturated carbocycles. The van der Waals surface area contributed by atoms with Crippen molar-refractivity contribution in [3.05, 3.63) is 91.0 Å². The van der Waals surface area contributed by atoms with E-state index in [1.807, 2.05) is 91.0 Å². The van der Waals surface area contributed by atoms with Crippen LogP contribution in [0.4, 0.5) is 0 Å². The number of tetrazole rings is 3. The normalized spacial score (nSPS) is 18.4. The largest absolute Gasteiger partial charge is 0.363 e. The van der Waals surface area contributed by atoms with Gasteiger partial charge in [0, 0.05) is 47.4 Å². The molecule has 3 aromatic heterocycles. The molecule has 4 aliphatic heterocycles. The van der Waals surface area contributed by atoms with E-state index in [0.717, 1.165) is 66.1 Å². The summed E-state index contributed by atoms with van der Waals surface area (Å²) in [5, 5.41) is 61.9. The fourth-order valence-electron chi connectivity index (χ4n) is 13.7. The number of benzene rings is 3. The van der Waals surface area contributed by atoms with Gasteiger partial charge in [0.25, 0.3) is 0 Å². The summed E-state index contributed by atoms with van der Waals surface area (Å²) in [6, 6.07) is 22.9. The van der Waals surface area contributed by atoms with Gasteiger partial charge in [-0.3, -0.25) is 38.4 Å². The highest BCUT2D eigenvalue weighted by Gasteiger charge is 2.42. The molecule has 7 heterocycles. The third-order valence-corrected chi connectivity index (χ3v) is 24.4. The Labute approximate surface area is 731 Å². The van der Waals surface area contributed by atoms with Crippen LogP contribution >= 0.6 is 35.3 Å². The van der Waals surface area contributed by atoms with Crippen LogP contribution in [0.1, 0.15) is 107 Å². The molecular formula is C84H114N24O12S3. The molecule has 8 N–H and O–H groups in total. The fourth-order valence-corrected chi connectivity index (χ4v) is 16.1. The number of aromatic nitrogens is 12. The summed E-state index contributed by atoms with van der Waals surface area (Å²) in [5.41, 5.74) is 0. The van der Waals surface area contributed by atoms with Crippen molar-refractivity contribution in [1.29, 1.82) is 0 Å². The molecule has 39 heteroatoms. The number of hydrogen-bond donors (Lipinski definition) is 8. The van der Waals surface area contributed by atoms with Crippen LogP contribution in [-0.4, -0.2) is 306 Å². The topological polar surface area (TPSA) is 413 Å². The van der Waals surface area contributed by atoms with Gasteiger partial charge >= 0.3 is 0 Å². The molecule has 10 rings (SSSR count). The van der Waals surface area contributed by atoms with E-state index in [1.54, 1.807) is 117 Å². The Bertz CT molecular complexity index is 4510. The summed E-state index contributed by atoms with van der Waals surface area (Å²) in [6.45, 7) is 17.6. The Morgan fingerprint density at radius 1 is 0.366 bits per heavy atom. The van der Waals surface area contributed by atoms with Crippen LogP contribution in [-0.2, 0) is 76.9 Å². The quantitative estimate of drug-likeness (QED) is 0.0255. The molecule has 4 fully saturated rings. The van der Waals surface area contributed by atoms with Crippen molar-refractivity contribution in [3.8, 4) is 47.4 Å². The molecule has 0 radical (unpaired) electrons. The third-order valence-electron chi connectivity index (χ3n) is 21.5. The molecule has 660 valence electrons. The number of nitrogens with one attached hydrogen (secondary N) is 8. The van der Waals surface area contributed by atoms with E-state index in [1.165, 1.54) is 35.3 Å². The highest BCUT2D eigenvalue weighted by molar-refractivity contribution is 7.99. The lowest BCUT2D eigenvalue weighted by Gasteiger charge is -2.32. The van der Waals surface area contributed by atoms with Gasteiger partial charge in [0.2, 0.25) is 62.7 Å². The molecule has 36 nitrogen and oxygen atoms in total. The molecular weight excluding hydrogens is 1630 g/mol. The van der Waals surface area contributed by atoms with Gasteiger partial charge in [0.05, 0.1) is 86.3 Å². The predicted octanol–water partition coefficient (Wildman–Crippen LogP) is 2.09. The van der Waals surface area contributed by atoms with Crippen LogP contribution in [0.5, 0.6) is 0 Å². The summed E-state index contributed by atoms with van der Waals surface area (Å²) >= 11 is 4.33. The maximum Gasteiger partial charge on any atom is 0.248 e. The predicted molar refractivity (Wildman–Crippen MR) is 460 cm³/mol. The highest BCUT2D eigenvalue weighted by Crippen LogP contribution is 2.31. The van der Waals surface area contributed by atoms with Gasteiger partial charge in [0.1, 0.15) is 50.6 Å². The Hall–Kier alpha value is -10.4. The van der Waals surface area contributed by atoms with Crippen molar-refractivity contribution < 1.29 is 57.3 Å². The Kier molecular flexibility index (Phi) is 39.5. The molecule has 123 heavy (non-hydrogen) atoms. The van der Waals surface area contributed by atoms with Gasteiger partial charge in [-0.2, -0.15) is 0 Å². The second-order valence-corrected chi connectivity index (χ2v) is 33.1. The molecule has 0 bridgehead atoms. The fraction of sp³-hybridized carbons (Fsp3) is 0.560. The van der Waals surface area contributed by atoms with Gasteiger partial charge in [-0.1, -0.05) is 78.3 Å². The van der Waals surface area contributed by atoms with Crippen molar-refractivity contribution in [2.75, 3.05) is 87.3 Å². The number of nitrogens with zero attached hydrogens (tertiary/aromatic N) is 16. The molecule has 0 aliphatic carbocycles. The van der Waals surface area contributed by atoms with Crippen molar-refractivity contribution in [3.63, 3.8) is 0 Å². The summed E-state index contributed by atoms with van der Waals surface area (Å²) in [6.07, 6.45) is 3.67. The zero-order valence-electron chi connectivity index (χ0n) is 71.7. The summed E-state index contributed by atoms with van der Waals surface area (Å²) < 4.78 is 29.0. The first kappa shape index (κ1) is 96.4. The molecule has 15 atom stereocenters. The van der Waals surface area contributed by atoms with E-state index in [0.29, 0.717) is 67.8 Å². The second-order valence-electron chi connectivity index (χ2n) is 29.9. The van der Waals surface area contributed by atoms with Crippen molar-refractivity contribution in [1.82, 2.24) is 123 Å².